The lowest BCUT2D eigenvalue weighted by Gasteiger charge is -2.21. The van der Waals surface area contributed by atoms with E-state index in [0.717, 1.165) is 18.5 Å². The van der Waals surface area contributed by atoms with E-state index in [4.69, 9.17) is 11.6 Å². The molecule has 0 bridgehead atoms. The number of benzene rings is 2. The monoisotopic (exact) mass is 368 g/mol. The minimum absolute atomic E-state index is 0.247. The number of halogens is 1. The fourth-order valence-electron chi connectivity index (χ4n) is 3.05. The molecule has 0 spiro atoms. The number of hydrogen-bond acceptors (Lipinski definition) is 3. The standard InChI is InChI=1S/C21H21ClN2O2/c1-3-4-14-24-20(25)18(15-10-12-16(22)13-11-15)19(21(24)26)23(2)17-8-6-5-7-9-17/h5-13H,3-4,14H2,1-2H3. The fourth-order valence-corrected chi connectivity index (χ4v) is 3.18. The fraction of sp³-hybridized carbons (Fsp3) is 0.238. The normalized spacial score (nSPS) is 14.3. The Morgan fingerprint density at radius 2 is 1.62 bits per heavy atom. The summed E-state index contributed by atoms with van der Waals surface area (Å²) in [5.74, 6) is -0.497. The van der Waals surface area contributed by atoms with E-state index in [1.54, 1.807) is 29.2 Å². The number of carbonyl (C=O) groups is 2. The van der Waals surface area contributed by atoms with Gasteiger partial charge in [0.25, 0.3) is 11.8 Å². The van der Waals surface area contributed by atoms with Gasteiger partial charge in [-0.1, -0.05) is 55.3 Å². The molecule has 0 fully saturated rings. The van der Waals surface area contributed by atoms with Crippen LogP contribution in [0.4, 0.5) is 5.69 Å². The molecular weight excluding hydrogens is 348 g/mol. The Balaban J connectivity index is 2.10. The summed E-state index contributed by atoms with van der Waals surface area (Å²) in [6, 6.07) is 16.6. The molecule has 2 aromatic carbocycles. The summed E-state index contributed by atoms with van der Waals surface area (Å²) in [6.45, 7) is 2.47. The van der Waals surface area contributed by atoms with Gasteiger partial charge in [0.1, 0.15) is 5.70 Å². The molecule has 3 rings (SSSR count). The van der Waals surface area contributed by atoms with Gasteiger partial charge in [-0.05, 0) is 36.2 Å². The van der Waals surface area contributed by atoms with Crippen molar-refractivity contribution in [3.63, 3.8) is 0 Å². The SMILES string of the molecule is CCCCN1C(=O)C(c2ccc(Cl)cc2)=C(N(C)c2ccccc2)C1=O. The molecule has 0 aromatic heterocycles. The van der Waals surface area contributed by atoms with Crippen LogP contribution in [0.25, 0.3) is 5.57 Å². The Morgan fingerprint density at radius 1 is 0.962 bits per heavy atom. The highest BCUT2D eigenvalue weighted by atomic mass is 35.5. The molecule has 4 nitrogen and oxygen atoms in total. The van der Waals surface area contributed by atoms with Crippen molar-refractivity contribution in [2.45, 2.75) is 19.8 Å². The predicted molar refractivity (Wildman–Crippen MR) is 105 cm³/mol. The van der Waals surface area contributed by atoms with Crippen molar-refractivity contribution >= 4 is 34.7 Å². The van der Waals surface area contributed by atoms with E-state index in [0.29, 0.717) is 28.4 Å². The molecular formula is C21H21ClN2O2. The van der Waals surface area contributed by atoms with Crippen molar-refractivity contribution in [2.24, 2.45) is 0 Å². The van der Waals surface area contributed by atoms with Crippen molar-refractivity contribution in [3.8, 4) is 0 Å². The lowest BCUT2D eigenvalue weighted by atomic mass is 10.0. The molecule has 5 heteroatoms. The molecule has 0 saturated carbocycles. The van der Waals surface area contributed by atoms with Crippen molar-refractivity contribution in [1.82, 2.24) is 4.90 Å². The van der Waals surface area contributed by atoms with Gasteiger partial charge in [0.15, 0.2) is 0 Å². The summed E-state index contributed by atoms with van der Waals surface area (Å²) in [6.07, 6.45) is 1.70. The Morgan fingerprint density at radius 3 is 2.23 bits per heavy atom. The quantitative estimate of drug-likeness (QED) is 0.711. The van der Waals surface area contributed by atoms with Gasteiger partial charge in [-0.15, -0.1) is 0 Å². The average molecular weight is 369 g/mol. The van der Waals surface area contributed by atoms with E-state index >= 15 is 0 Å². The molecule has 0 unspecified atom stereocenters. The molecule has 1 aliphatic heterocycles. The second kappa shape index (κ2) is 7.75. The molecule has 26 heavy (non-hydrogen) atoms. The lowest BCUT2D eigenvalue weighted by Crippen LogP contribution is -2.35. The zero-order valence-corrected chi connectivity index (χ0v) is 15.7. The smallest absolute Gasteiger partial charge is 0.278 e. The molecule has 1 heterocycles. The Bertz CT molecular complexity index is 844. The number of rotatable bonds is 6. The first-order chi connectivity index (χ1) is 12.5. The van der Waals surface area contributed by atoms with Crippen LogP contribution in [0, 0.1) is 0 Å². The van der Waals surface area contributed by atoms with Gasteiger partial charge in [-0.2, -0.15) is 0 Å². The number of anilines is 1. The highest BCUT2D eigenvalue weighted by Crippen LogP contribution is 2.33. The van der Waals surface area contributed by atoms with Crippen molar-refractivity contribution in [1.29, 1.82) is 0 Å². The molecule has 2 aromatic rings. The Labute approximate surface area is 158 Å². The van der Waals surface area contributed by atoms with Crippen LogP contribution in [-0.2, 0) is 9.59 Å². The Hall–Kier alpha value is -2.59. The maximum Gasteiger partial charge on any atom is 0.278 e. The zero-order chi connectivity index (χ0) is 18.7. The summed E-state index contributed by atoms with van der Waals surface area (Å²) >= 11 is 5.99. The number of hydrogen-bond donors (Lipinski definition) is 0. The first-order valence-electron chi connectivity index (χ1n) is 8.69. The van der Waals surface area contributed by atoms with E-state index < -0.39 is 0 Å². The molecule has 0 N–H and O–H groups in total. The Kier molecular flexibility index (Phi) is 5.43. The largest absolute Gasteiger partial charge is 0.339 e. The third-order valence-corrected chi connectivity index (χ3v) is 4.74. The summed E-state index contributed by atoms with van der Waals surface area (Å²) in [7, 11) is 1.81. The highest BCUT2D eigenvalue weighted by molar-refractivity contribution is 6.37. The van der Waals surface area contributed by atoms with E-state index in [1.807, 2.05) is 44.3 Å². The summed E-state index contributed by atoms with van der Waals surface area (Å²) in [5.41, 5.74) is 2.38. The molecule has 1 aliphatic rings. The number of carbonyl (C=O) groups excluding carboxylic acids is 2. The van der Waals surface area contributed by atoms with Crippen LogP contribution in [0.1, 0.15) is 25.3 Å². The topological polar surface area (TPSA) is 40.6 Å². The second-order valence-electron chi connectivity index (χ2n) is 6.24. The third kappa shape index (κ3) is 3.37. The van der Waals surface area contributed by atoms with E-state index in [2.05, 4.69) is 0 Å². The predicted octanol–water partition coefficient (Wildman–Crippen LogP) is 4.36. The van der Waals surface area contributed by atoms with Gasteiger partial charge in [-0.25, -0.2) is 0 Å². The van der Waals surface area contributed by atoms with E-state index in [-0.39, 0.29) is 11.8 Å². The van der Waals surface area contributed by atoms with Gasteiger partial charge in [0, 0.05) is 24.3 Å². The highest BCUT2D eigenvalue weighted by Gasteiger charge is 2.40. The number of nitrogens with zero attached hydrogens (tertiary/aromatic N) is 2. The van der Waals surface area contributed by atoms with Gasteiger partial charge in [0.2, 0.25) is 0 Å². The maximum atomic E-state index is 13.1. The van der Waals surface area contributed by atoms with Crippen LogP contribution >= 0.6 is 11.6 Å². The van der Waals surface area contributed by atoms with E-state index in [1.165, 1.54) is 4.90 Å². The van der Waals surface area contributed by atoms with E-state index in [9.17, 15) is 9.59 Å². The average Bonchev–Trinajstić information content (AvgIpc) is 2.91. The van der Waals surface area contributed by atoms with Gasteiger partial charge in [0.05, 0.1) is 5.57 Å². The first-order valence-corrected chi connectivity index (χ1v) is 9.07. The summed E-state index contributed by atoms with van der Waals surface area (Å²) in [5, 5.41) is 0.590. The van der Waals surface area contributed by atoms with Crippen LogP contribution in [0.5, 0.6) is 0 Å². The number of likely N-dealkylation sites (N-methyl/N-ethyl adjacent to an activating group) is 1. The minimum Gasteiger partial charge on any atom is -0.339 e. The second-order valence-corrected chi connectivity index (χ2v) is 6.68. The van der Waals surface area contributed by atoms with Crippen molar-refractivity contribution in [2.75, 3.05) is 18.5 Å². The summed E-state index contributed by atoms with van der Waals surface area (Å²) in [4.78, 5) is 29.2. The van der Waals surface area contributed by atoms with Crippen molar-refractivity contribution < 1.29 is 9.59 Å². The van der Waals surface area contributed by atoms with Crippen LogP contribution in [0.3, 0.4) is 0 Å². The number of imide groups is 1. The van der Waals surface area contributed by atoms with Crippen LogP contribution in [-0.4, -0.2) is 30.3 Å². The van der Waals surface area contributed by atoms with Crippen LogP contribution < -0.4 is 4.90 Å². The molecule has 134 valence electrons. The van der Waals surface area contributed by atoms with Crippen molar-refractivity contribution in [3.05, 3.63) is 70.9 Å². The van der Waals surface area contributed by atoms with Gasteiger partial charge in [-0.3, -0.25) is 14.5 Å². The molecule has 0 aliphatic carbocycles. The molecule has 0 atom stereocenters. The number of para-hydroxylation sites is 1. The molecule has 2 amide bonds. The maximum absolute atomic E-state index is 13.1. The zero-order valence-electron chi connectivity index (χ0n) is 14.9. The van der Waals surface area contributed by atoms with Gasteiger partial charge < -0.3 is 4.90 Å². The minimum atomic E-state index is -0.250. The molecule has 0 saturated heterocycles. The number of unbranched alkanes of at least 4 members (excludes halogenated alkanes) is 1. The molecule has 0 radical (unpaired) electrons. The number of amides is 2. The van der Waals surface area contributed by atoms with Crippen LogP contribution in [0.2, 0.25) is 5.02 Å². The third-order valence-electron chi connectivity index (χ3n) is 4.49. The first kappa shape index (κ1) is 18.2. The van der Waals surface area contributed by atoms with Gasteiger partial charge >= 0.3 is 0 Å². The summed E-state index contributed by atoms with van der Waals surface area (Å²) < 4.78 is 0. The van der Waals surface area contributed by atoms with Crippen LogP contribution in [0.15, 0.2) is 60.3 Å². The lowest BCUT2D eigenvalue weighted by molar-refractivity contribution is -0.136.